The van der Waals surface area contributed by atoms with Gasteiger partial charge < -0.3 is 14.2 Å². The van der Waals surface area contributed by atoms with Crippen LogP contribution in [0.5, 0.6) is 0 Å². The fraction of sp³-hybridized carbons (Fsp3) is 0.471. The average molecular weight is 284 g/mol. The average Bonchev–Trinajstić information content (AvgIpc) is 2.94. The number of carbonyl (C=O) groups is 1. The maximum atomic E-state index is 13.1. The molecule has 108 valence electrons. The molecule has 1 aromatic carbocycles. The second-order valence-corrected chi connectivity index (χ2v) is 6.31. The summed E-state index contributed by atoms with van der Waals surface area (Å²) in [5.41, 5.74) is -0.0365. The molecule has 4 nitrogen and oxygen atoms in total. The molecule has 2 bridgehead atoms. The Morgan fingerprint density at radius 2 is 1.86 bits per heavy atom. The van der Waals surface area contributed by atoms with Crippen LogP contribution in [0.4, 0.5) is 0 Å². The number of carbonyl (C=O) groups excluding carboxylic acids is 1. The van der Waals surface area contributed by atoms with Crippen molar-refractivity contribution < 1.29 is 19.0 Å². The first-order valence-electron chi connectivity index (χ1n) is 7.31. The topological polar surface area (TPSA) is 48.1 Å². The Morgan fingerprint density at radius 3 is 2.62 bits per heavy atom. The van der Waals surface area contributed by atoms with Gasteiger partial charge in [0.2, 0.25) is 5.79 Å². The van der Waals surface area contributed by atoms with Crippen LogP contribution < -0.4 is 0 Å². The van der Waals surface area contributed by atoms with E-state index in [1.165, 1.54) is 0 Å². The fourth-order valence-electron chi connectivity index (χ4n) is 5.15. The van der Waals surface area contributed by atoms with Crippen LogP contribution >= 0.6 is 0 Å². The third-order valence-electron chi connectivity index (χ3n) is 5.89. The van der Waals surface area contributed by atoms with Gasteiger partial charge in [-0.2, -0.15) is 0 Å². The van der Waals surface area contributed by atoms with Crippen LogP contribution in [-0.2, 0) is 20.0 Å². The van der Waals surface area contributed by atoms with E-state index in [1.54, 1.807) is 14.2 Å². The van der Waals surface area contributed by atoms with Crippen LogP contribution in [0.3, 0.4) is 0 Å². The summed E-state index contributed by atoms with van der Waals surface area (Å²) in [5, 5.41) is 0. The van der Waals surface area contributed by atoms with Crippen molar-refractivity contribution in [3.63, 3.8) is 0 Å². The smallest absolute Gasteiger partial charge is 0.229 e. The molecule has 1 saturated heterocycles. The van der Waals surface area contributed by atoms with Crippen molar-refractivity contribution in [1.29, 1.82) is 0 Å². The Kier molecular flexibility index (Phi) is 1.90. The summed E-state index contributed by atoms with van der Waals surface area (Å²) < 4.78 is 18.0. The minimum absolute atomic E-state index is 0.0830. The van der Waals surface area contributed by atoms with E-state index in [4.69, 9.17) is 14.2 Å². The molecule has 0 N–H and O–H groups in total. The molecule has 0 amide bonds. The lowest BCUT2D eigenvalue weighted by molar-refractivity contribution is -0.263. The second kappa shape index (κ2) is 3.29. The largest absolute Gasteiger partial charge is 0.347 e. The SMILES string of the molecule is COC1(OC)c2ccccc2C(=O)[C@@]23O[C@@]12[C@H]1C=C[C@H]3C1. The number of Topliss-reactive ketones (excluding diaryl/α,β-unsaturated/α-hetero) is 1. The number of fused-ring (bicyclic) bond motifs is 3. The Bertz CT molecular complexity index is 704. The number of benzene rings is 1. The zero-order chi connectivity index (χ0) is 14.5. The lowest BCUT2D eigenvalue weighted by atomic mass is 9.66. The predicted molar refractivity (Wildman–Crippen MR) is 73.8 cm³/mol. The van der Waals surface area contributed by atoms with Gasteiger partial charge in [0, 0.05) is 37.2 Å². The molecule has 1 heterocycles. The fourth-order valence-corrected chi connectivity index (χ4v) is 5.15. The van der Waals surface area contributed by atoms with Gasteiger partial charge in [0.15, 0.2) is 17.0 Å². The van der Waals surface area contributed by atoms with Crippen LogP contribution in [0, 0.1) is 11.8 Å². The molecule has 2 fully saturated rings. The van der Waals surface area contributed by atoms with Crippen LogP contribution in [0.25, 0.3) is 0 Å². The minimum Gasteiger partial charge on any atom is -0.347 e. The third kappa shape index (κ3) is 0.909. The molecule has 3 aliphatic carbocycles. The highest BCUT2D eigenvalue weighted by atomic mass is 16.8. The molecule has 0 spiro atoms. The lowest BCUT2D eigenvalue weighted by Crippen LogP contribution is -2.58. The van der Waals surface area contributed by atoms with Crippen molar-refractivity contribution in [2.45, 2.75) is 23.4 Å². The molecule has 0 unspecified atom stereocenters. The van der Waals surface area contributed by atoms with Gasteiger partial charge in [-0.15, -0.1) is 0 Å². The number of epoxide rings is 1. The lowest BCUT2D eigenvalue weighted by Gasteiger charge is -2.43. The molecule has 4 heteroatoms. The molecule has 1 saturated carbocycles. The van der Waals surface area contributed by atoms with E-state index in [0.29, 0.717) is 5.56 Å². The van der Waals surface area contributed by atoms with Gasteiger partial charge in [-0.05, 0) is 6.42 Å². The Hall–Kier alpha value is -1.49. The highest BCUT2D eigenvalue weighted by Gasteiger charge is 2.94. The van der Waals surface area contributed by atoms with Gasteiger partial charge in [-0.1, -0.05) is 36.4 Å². The zero-order valence-corrected chi connectivity index (χ0v) is 12.0. The predicted octanol–water partition coefficient (Wildman–Crippen LogP) is 2.04. The van der Waals surface area contributed by atoms with Crippen molar-refractivity contribution in [3.8, 4) is 0 Å². The first-order chi connectivity index (χ1) is 10.2. The molecule has 1 aromatic rings. The number of ether oxygens (including phenoxy) is 3. The molecule has 0 aromatic heterocycles. The van der Waals surface area contributed by atoms with Gasteiger partial charge in [-0.3, -0.25) is 4.79 Å². The first-order valence-corrected chi connectivity index (χ1v) is 7.31. The normalized spacial score (nSPS) is 43.4. The van der Waals surface area contributed by atoms with E-state index >= 15 is 0 Å². The highest BCUT2D eigenvalue weighted by molar-refractivity contribution is 6.10. The van der Waals surface area contributed by atoms with Crippen LogP contribution in [0.15, 0.2) is 36.4 Å². The molecule has 1 aliphatic heterocycles. The van der Waals surface area contributed by atoms with Crippen molar-refractivity contribution in [1.82, 2.24) is 0 Å². The highest BCUT2D eigenvalue weighted by Crippen LogP contribution is 2.77. The Morgan fingerprint density at radius 1 is 1.14 bits per heavy atom. The van der Waals surface area contributed by atoms with E-state index in [2.05, 4.69) is 12.2 Å². The van der Waals surface area contributed by atoms with E-state index in [-0.39, 0.29) is 17.6 Å². The summed E-state index contributed by atoms with van der Waals surface area (Å²) in [7, 11) is 3.26. The van der Waals surface area contributed by atoms with Gasteiger partial charge in [0.1, 0.15) is 0 Å². The monoisotopic (exact) mass is 284 g/mol. The molecular formula is C17H16O4. The summed E-state index contributed by atoms with van der Waals surface area (Å²) >= 11 is 0. The molecule has 5 rings (SSSR count). The van der Waals surface area contributed by atoms with Gasteiger partial charge in [0.05, 0.1) is 0 Å². The van der Waals surface area contributed by atoms with Crippen molar-refractivity contribution >= 4 is 5.78 Å². The third-order valence-corrected chi connectivity index (χ3v) is 5.89. The number of ketones is 1. The van der Waals surface area contributed by atoms with Crippen molar-refractivity contribution in [2.24, 2.45) is 11.8 Å². The summed E-state index contributed by atoms with van der Waals surface area (Å²) in [4.78, 5) is 13.1. The van der Waals surface area contributed by atoms with Crippen LogP contribution in [0.1, 0.15) is 22.3 Å². The van der Waals surface area contributed by atoms with Crippen LogP contribution in [-0.4, -0.2) is 31.2 Å². The van der Waals surface area contributed by atoms with Crippen LogP contribution in [0.2, 0.25) is 0 Å². The summed E-state index contributed by atoms with van der Waals surface area (Å²) in [6.07, 6.45) is 5.22. The summed E-state index contributed by atoms with van der Waals surface area (Å²) in [5.74, 6) is -0.630. The molecule has 4 aliphatic rings. The van der Waals surface area contributed by atoms with E-state index in [9.17, 15) is 4.79 Å². The number of hydrogen-bond donors (Lipinski definition) is 0. The first kappa shape index (κ1) is 12.1. The van der Waals surface area contributed by atoms with Gasteiger partial charge in [0.25, 0.3) is 0 Å². The molecule has 4 atom stereocenters. The number of hydrogen-bond acceptors (Lipinski definition) is 4. The molecular weight excluding hydrogens is 268 g/mol. The van der Waals surface area contributed by atoms with E-state index in [0.717, 1.165) is 12.0 Å². The van der Waals surface area contributed by atoms with E-state index < -0.39 is 17.0 Å². The standard InChI is InChI=1S/C17H16O4/c1-19-17(20-2)13-6-4-3-5-12(13)14(18)15-10-7-8-11(9-10)16(15,17)21-15/h3-8,10-11H,9H2,1-2H3/t10-,11-,15+,16+/m0/s1. The maximum absolute atomic E-state index is 13.1. The summed E-state index contributed by atoms with van der Waals surface area (Å²) in [6.45, 7) is 0. The van der Waals surface area contributed by atoms with Crippen molar-refractivity contribution in [2.75, 3.05) is 14.2 Å². The van der Waals surface area contributed by atoms with E-state index in [1.807, 2.05) is 24.3 Å². The molecule has 0 radical (unpaired) electrons. The van der Waals surface area contributed by atoms with Gasteiger partial charge in [-0.25, -0.2) is 0 Å². The second-order valence-electron chi connectivity index (χ2n) is 6.31. The number of rotatable bonds is 2. The Labute approximate surface area is 122 Å². The summed E-state index contributed by atoms with van der Waals surface area (Å²) in [6, 6.07) is 7.55. The maximum Gasteiger partial charge on any atom is 0.229 e. The van der Waals surface area contributed by atoms with Gasteiger partial charge >= 0.3 is 0 Å². The molecule has 21 heavy (non-hydrogen) atoms. The minimum atomic E-state index is -1.01. The zero-order valence-electron chi connectivity index (χ0n) is 12.0. The number of methoxy groups -OCH3 is 2. The quantitative estimate of drug-likeness (QED) is 0.474. The Balaban J connectivity index is 1.87. The van der Waals surface area contributed by atoms with Crippen molar-refractivity contribution in [3.05, 3.63) is 47.5 Å².